The van der Waals surface area contributed by atoms with Crippen LogP contribution >= 0.6 is 11.6 Å². The summed E-state index contributed by atoms with van der Waals surface area (Å²) in [7, 11) is 0. The lowest BCUT2D eigenvalue weighted by Gasteiger charge is -2.20. The largest absolute Gasteiger partial charge is 0.329 e. The van der Waals surface area contributed by atoms with Crippen LogP contribution in [0.5, 0.6) is 0 Å². The molecule has 1 aromatic rings. The Balaban J connectivity index is 2.20. The van der Waals surface area contributed by atoms with Crippen LogP contribution in [0.4, 0.5) is 0 Å². The van der Waals surface area contributed by atoms with E-state index >= 15 is 0 Å². The normalized spacial score (nSPS) is 15.0. The third kappa shape index (κ3) is 3.33. The van der Waals surface area contributed by atoms with Gasteiger partial charge in [0.05, 0.1) is 5.56 Å². The lowest BCUT2D eigenvalue weighted by atomic mass is 10.2. The van der Waals surface area contributed by atoms with Crippen LogP contribution in [-0.2, 0) is 13.0 Å². The molecule has 1 aliphatic rings. The summed E-state index contributed by atoms with van der Waals surface area (Å²) in [6.45, 7) is 6.20. The van der Waals surface area contributed by atoms with Crippen LogP contribution in [0.1, 0.15) is 38.7 Å². The summed E-state index contributed by atoms with van der Waals surface area (Å²) in [5.41, 5.74) is -0.137. The van der Waals surface area contributed by atoms with E-state index in [0.29, 0.717) is 24.6 Å². The highest BCUT2D eigenvalue weighted by molar-refractivity contribution is 6.30. The fourth-order valence-corrected chi connectivity index (χ4v) is 2.78. The molecule has 0 atom stereocenters. The average Bonchev–Trinajstić information content (AvgIpc) is 3.23. The average molecular weight is 300 g/mol. The van der Waals surface area contributed by atoms with E-state index in [1.54, 1.807) is 0 Å². The zero-order valence-corrected chi connectivity index (χ0v) is 12.9. The molecule has 0 unspecified atom stereocenters. The number of hydrogen-bond donors (Lipinski definition) is 1. The van der Waals surface area contributed by atoms with Crippen molar-refractivity contribution >= 4 is 11.6 Å². The van der Waals surface area contributed by atoms with Crippen molar-refractivity contribution in [2.75, 3.05) is 13.1 Å². The zero-order chi connectivity index (χ0) is 14.7. The van der Waals surface area contributed by atoms with Gasteiger partial charge in [-0.25, -0.2) is 4.79 Å². The van der Waals surface area contributed by atoms with Gasteiger partial charge >= 0.3 is 5.69 Å². The number of hydrogen-bond acceptors (Lipinski definition) is 3. The van der Waals surface area contributed by atoms with E-state index in [0.717, 1.165) is 19.5 Å². The minimum atomic E-state index is -0.410. The number of H-pyrrole nitrogens is 1. The van der Waals surface area contributed by atoms with Crippen LogP contribution in [0.2, 0.25) is 5.15 Å². The van der Waals surface area contributed by atoms with E-state index in [4.69, 9.17) is 11.6 Å². The van der Waals surface area contributed by atoms with E-state index in [-0.39, 0.29) is 10.7 Å². The topological polar surface area (TPSA) is 58.1 Å². The molecule has 5 nitrogen and oxygen atoms in total. The summed E-state index contributed by atoms with van der Waals surface area (Å²) in [4.78, 5) is 29.1. The Morgan fingerprint density at radius 3 is 2.60 bits per heavy atom. The van der Waals surface area contributed by atoms with Crippen LogP contribution in [-0.4, -0.2) is 33.6 Å². The standard InChI is InChI=1S/C14H22ClN3O2/c1-3-5-11-12(15)16-14(20)18(13(11)19)9-8-17(4-2)10-6-7-10/h10H,3-9H2,1-2H3,(H,16,20). The highest BCUT2D eigenvalue weighted by Crippen LogP contribution is 2.26. The van der Waals surface area contributed by atoms with Gasteiger partial charge < -0.3 is 0 Å². The van der Waals surface area contributed by atoms with Gasteiger partial charge in [-0.15, -0.1) is 0 Å². The van der Waals surface area contributed by atoms with Gasteiger partial charge in [-0.05, 0) is 25.8 Å². The predicted molar refractivity (Wildman–Crippen MR) is 80.6 cm³/mol. The Morgan fingerprint density at radius 2 is 2.05 bits per heavy atom. The molecule has 6 heteroatoms. The van der Waals surface area contributed by atoms with Crippen LogP contribution < -0.4 is 11.2 Å². The van der Waals surface area contributed by atoms with E-state index in [2.05, 4.69) is 16.8 Å². The SMILES string of the molecule is CCCc1c(Cl)[nH]c(=O)n(CCN(CC)C2CC2)c1=O. The van der Waals surface area contributed by atoms with Gasteiger partial charge in [0, 0.05) is 19.1 Å². The zero-order valence-electron chi connectivity index (χ0n) is 12.1. The van der Waals surface area contributed by atoms with Crippen molar-refractivity contribution in [2.45, 2.75) is 52.1 Å². The second-order valence-electron chi connectivity index (χ2n) is 5.29. The second kappa shape index (κ2) is 6.59. The van der Waals surface area contributed by atoms with E-state index < -0.39 is 5.69 Å². The third-order valence-electron chi connectivity index (χ3n) is 3.81. The number of nitrogens with one attached hydrogen (secondary N) is 1. The van der Waals surface area contributed by atoms with E-state index in [9.17, 15) is 9.59 Å². The number of nitrogens with zero attached hydrogens (tertiary/aromatic N) is 2. The first-order chi connectivity index (χ1) is 9.58. The fraction of sp³-hybridized carbons (Fsp3) is 0.714. The van der Waals surface area contributed by atoms with Crippen molar-refractivity contribution in [1.82, 2.24) is 14.5 Å². The molecule has 1 aromatic heterocycles. The van der Waals surface area contributed by atoms with Crippen molar-refractivity contribution in [3.8, 4) is 0 Å². The molecule has 0 saturated heterocycles. The monoisotopic (exact) mass is 299 g/mol. The fourth-order valence-electron chi connectivity index (χ4n) is 2.52. The highest BCUT2D eigenvalue weighted by Gasteiger charge is 2.27. The Bertz CT molecular complexity index is 575. The first-order valence-corrected chi connectivity index (χ1v) is 7.71. The van der Waals surface area contributed by atoms with Gasteiger partial charge in [-0.1, -0.05) is 31.9 Å². The van der Waals surface area contributed by atoms with Crippen molar-refractivity contribution in [1.29, 1.82) is 0 Å². The number of aromatic nitrogens is 2. The quantitative estimate of drug-likeness (QED) is 0.779. The number of likely N-dealkylation sites (N-methyl/N-ethyl adjacent to an activating group) is 1. The van der Waals surface area contributed by atoms with Gasteiger partial charge in [-0.2, -0.15) is 0 Å². The van der Waals surface area contributed by atoms with Gasteiger partial charge in [-0.3, -0.25) is 19.2 Å². The summed E-state index contributed by atoms with van der Waals surface area (Å²) >= 11 is 5.96. The van der Waals surface area contributed by atoms with Crippen molar-refractivity contribution in [3.05, 3.63) is 31.6 Å². The van der Waals surface area contributed by atoms with Crippen molar-refractivity contribution in [3.63, 3.8) is 0 Å². The van der Waals surface area contributed by atoms with Gasteiger partial charge in [0.15, 0.2) is 0 Å². The maximum Gasteiger partial charge on any atom is 0.329 e. The molecule has 1 saturated carbocycles. The molecule has 0 amide bonds. The molecule has 1 fully saturated rings. The highest BCUT2D eigenvalue weighted by atomic mass is 35.5. The van der Waals surface area contributed by atoms with Crippen LogP contribution in [0.15, 0.2) is 9.59 Å². The summed E-state index contributed by atoms with van der Waals surface area (Å²) in [5, 5.41) is 0.188. The Hall–Kier alpha value is -1.07. The first-order valence-electron chi connectivity index (χ1n) is 7.34. The third-order valence-corrected chi connectivity index (χ3v) is 4.13. The molecule has 0 aromatic carbocycles. The van der Waals surface area contributed by atoms with Crippen LogP contribution in [0.25, 0.3) is 0 Å². The van der Waals surface area contributed by atoms with Crippen LogP contribution in [0, 0.1) is 0 Å². The molecular formula is C14H22ClN3O2. The smallest absolute Gasteiger partial charge is 0.299 e. The molecule has 0 radical (unpaired) electrons. The molecule has 112 valence electrons. The molecule has 1 aliphatic carbocycles. The maximum atomic E-state index is 12.3. The molecular weight excluding hydrogens is 278 g/mol. The van der Waals surface area contributed by atoms with Crippen molar-refractivity contribution in [2.24, 2.45) is 0 Å². The Labute approximate surface area is 123 Å². The molecule has 1 heterocycles. The molecule has 0 spiro atoms. The minimum absolute atomic E-state index is 0.188. The van der Waals surface area contributed by atoms with Crippen molar-refractivity contribution < 1.29 is 0 Å². The summed E-state index contributed by atoms with van der Waals surface area (Å²) in [6, 6.07) is 0.636. The summed E-state index contributed by atoms with van der Waals surface area (Å²) < 4.78 is 1.28. The van der Waals surface area contributed by atoms with Gasteiger partial charge in [0.1, 0.15) is 5.15 Å². The van der Waals surface area contributed by atoms with Crippen LogP contribution in [0.3, 0.4) is 0 Å². The minimum Gasteiger partial charge on any atom is -0.299 e. The Morgan fingerprint density at radius 1 is 1.35 bits per heavy atom. The molecule has 0 aliphatic heterocycles. The van der Waals surface area contributed by atoms with Gasteiger partial charge in [0.25, 0.3) is 5.56 Å². The lowest BCUT2D eigenvalue weighted by molar-refractivity contribution is 0.263. The molecule has 20 heavy (non-hydrogen) atoms. The van der Waals surface area contributed by atoms with E-state index in [1.165, 1.54) is 17.4 Å². The summed E-state index contributed by atoms with van der Waals surface area (Å²) in [5.74, 6) is 0. The number of halogens is 1. The molecule has 2 rings (SSSR count). The van der Waals surface area contributed by atoms with Gasteiger partial charge in [0.2, 0.25) is 0 Å². The molecule has 1 N–H and O–H groups in total. The number of rotatable bonds is 7. The predicted octanol–water partition coefficient (Wildman–Crippen LogP) is 1.63. The molecule has 0 bridgehead atoms. The lowest BCUT2D eigenvalue weighted by Crippen LogP contribution is -2.41. The summed E-state index contributed by atoms with van der Waals surface area (Å²) in [6.07, 6.45) is 3.86. The number of aromatic amines is 1. The Kier molecular flexibility index (Phi) is 5.05. The second-order valence-corrected chi connectivity index (χ2v) is 5.67. The maximum absolute atomic E-state index is 12.3. The van der Waals surface area contributed by atoms with E-state index in [1.807, 2.05) is 6.92 Å². The first kappa shape index (κ1) is 15.3.